The predicted molar refractivity (Wildman–Crippen MR) is 146 cm³/mol. The molecule has 1 atom stereocenters. The average Bonchev–Trinajstić information content (AvgIpc) is 3.20. The molecule has 37 heavy (non-hydrogen) atoms. The summed E-state index contributed by atoms with van der Waals surface area (Å²) in [6, 6.07) is 0. The summed E-state index contributed by atoms with van der Waals surface area (Å²) in [5, 5.41) is 0. The van der Waals surface area contributed by atoms with Crippen molar-refractivity contribution in [3.8, 4) is 23.7 Å². The fourth-order valence-electron chi connectivity index (χ4n) is 3.96. The van der Waals surface area contributed by atoms with Crippen molar-refractivity contribution in [3.05, 3.63) is 11.8 Å². The first-order valence-electron chi connectivity index (χ1n) is 14.2. The number of ether oxygens (including phenoxy) is 4. The Bertz CT molecular complexity index is 805. The molecule has 1 heterocycles. The molecular formula is C31H48O6. The molecule has 1 rings (SSSR count). The van der Waals surface area contributed by atoms with Gasteiger partial charge in [-0.2, -0.15) is 0 Å². The number of unbranched alkanes of at least 4 members (excludes halogenated alkanes) is 12. The monoisotopic (exact) mass is 516 g/mol. The zero-order valence-electron chi connectivity index (χ0n) is 23.6. The van der Waals surface area contributed by atoms with E-state index in [1.807, 2.05) is 19.9 Å². The maximum Gasteiger partial charge on any atom is 0.308 e. The highest BCUT2D eigenvalue weighted by molar-refractivity contribution is 5.69. The van der Waals surface area contributed by atoms with E-state index in [1.165, 1.54) is 77.6 Å². The molecule has 1 aliphatic rings. The van der Waals surface area contributed by atoms with Crippen molar-refractivity contribution in [2.45, 2.75) is 136 Å². The lowest BCUT2D eigenvalue weighted by molar-refractivity contribution is -0.158. The molecule has 0 unspecified atom stereocenters. The third-order valence-corrected chi connectivity index (χ3v) is 5.93. The molecular weight excluding hydrogens is 468 g/mol. The second kappa shape index (κ2) is 20.7. The highest BCUT2D eigenvalue weighted by Gasteiger charge is 2.33. The SMILES string of the molecule is CCCCCCCCCCCCCC/C=C(\C#CC#CCCC(=O)OC[C@@H]1COC(C)(C)O1)OC(C)=O. The summed E-state index contributed by atoms with van der Waals surface area (Å²) in [6.45, 7) is 7.85. The van der Waals surface area contributed by atoms with E-state index in [4.69, 9.17) is 18.9 Å². The van der Waals surface area contributed by atoms with Crippen molar-refractivity contribution in [1.29, 1.82) is 0 Å². The molecule has 1 aliphatic heterocycles. The van der Waals surface area contributed by atoms with Crippen LogP contribution >= 0.6 is 0 Å². The topological polar surface area (TPSA) is 71.1 Å². The Kier molecular flexibility index (Phi) is 18.4. The minimum Gasteiger partial charge on any atom is -0.463 e. The van der Waals surface area contributed by atoms with Gasteiger partial charge in [-0.25, -0.2) is 0 Å². The van der Waals surface area contributed by atoms with Crippen LogP contribution in [0.4, 0.5) is 0 Å². The Labute approximate surface area is 225 Å². The highest BCUT2D eigenvalue weighted by Crippen LogP contribution is 2.22. The number of esters is 2. The highest BCUT2D eigenvalue weighted by atomic mass is 16.7. The molecule has 0 saturated carbocycles. The Hall–Kier alpha value is -2.28. The van der Waals surface area contributed by atoms with Crippen LogP contribution in [0.5, 0.6) is 0 Å². The van der Waals surface area contributed by atoms with Crippen LogP contribution in [-0.4, -0.2) is 37.0 Å². The molecule has 1 fully saturated rings. The van der Waals surface area contributed by atoms with Crippen LogP contribution < -0.4 is 0 Å². The first-order valence-corrected chi connectivity index (χ1v) is 14.2. The van der Waals surface area contributed by atoms with Gasteiger partial charge in [0.15, 0.2) is 11.5 Å². The average molecular weight is 517 g/mol. The van der Waals surface area contributed by atoms with Gasteiger partial charge >= 0.3 is 11.9 Å². The minimum absolute atomic E-state index is 0.172. The van der Waals surface area contributed by atoms with Crippen molar-refractivity contribution < 1.29 is 28.5 Å². The van der Waals surface area contributed by atoms with Crippen LogP contribution in [-0.2, 0) is 28.5 Å². The Morgan fingerprint density at radius 1 is 0.946 bits per heavy atom. The Morgan fingerprint density at radius 2 is 1.57 bits per heavy atom. The maximum absolute atomic E-state index is 11.8. The third-order valence-electron chi connectivity index (χ3n) is 5.93. The normalized spacial score (nSPS) is 16.3. The van der Waals surface area contributed by atoms with Gasteiger partial charge in [0.25, 0.3) is 0 Å². The molecule has 0 N–H and O–H groups in total. The molecule has 0 aromatic carbocycles. The Balaban J connectivity index is 2.18. The molecule has 1 saturated heterocycles. The molecule has 0 spiro atoms. The van der Waals surface area contributed by atoms with E-state index in [9.17, 15) is 9.59 Å². The number of carbonyl (C=O) groups is 2. The minimum atomic E-state index is -0.632. The summed E-state index contributed by atoms with van der Waals surface area (Å²) in [4.78, 5) is 23.2. The molecule has 0 aromatic rings. The van der Waals surface area contributed by atoms with E-state index in [1.54, 1.807) is 0 Å². The van der Waals surface area contributed by atoms with Crippen molar-refractivity contribution in [2.75, 3.05) is 13.2 Å². The van der Waals surface area contributed by atoms with Gasteiger partial charge in [0.2, 0.25) is 0 Å². The predicted octanol–water partition coefficient (Wildman–Crippen LogP) is 7.01. The number of hydrogen-bond acceptors (Lipinski definition) is 6. The molecule has 0 amide bonds. The first kappa shape index (κ1) is 32.7. The quantitative estimate of drug-likeness (QED) is 0.0845. The Morgan fingerprint density at radius 3 is 2.14 bits per heavy atom. The number of carbonyl (C=O) groups excluding carboxylic acids is 2. The van der Waals surface area contributed by atoms with Crippen LogP contribution in [0.15, 0.2) is 11.8 Å². The third kappa shape index (κ3) is 19.5. The lowest BCUT2D eigenvalue weighted by atomic mass is 10.0. The van der Waals surface area contributed by atoms with Crippen molar-refractivity contribution in [3.63, 3.8) is 0 Å². The zero-order valence-corrected chi connectivity index (χ0v) is 23.6. The zero-order chi connectivity index (χ0) is 27.2. The van der Waals surface area contributed by atoms with Gasteiger partial charge in [-0.3, -0.25) is 9.59 Å². The van der Waals surface area contributed by atoms with Gasteiger partial charge in [0.1, 0.15) is 12.7 Å². The van der Waals surface area contributed by atoms with Gasteiger partial charge in [-0.1, -0.05) is 83.5 Å². The van der Waals surface area contributed by atoms with E-state index in [-0.39, 0.29) is 25.1 Å². The van der Waals surface area contributed by atoms with E-state index in [0.29, 0.717) is 18.8 Å². The molecule has 208 valence electrons. The lowest BCUT2D eigenvalue weighted by Crippen LogP contribution is -2.25. The number of hydrogen-bond donors (Lipinski definition) is 0. The van der Waals surface area contributed by atoms with Gasteiger partial charge in [0, 0.05) is 13.3 Å². The van der Waals surface area contributed by atoms with Gasteiger partial charge in [-0.05, 0) is 50.5 Å². The van der Waals surface area contributed by atoms with Crippen LogP contribution in [0.2, 0.25) is 0 Å². The molecule has 0 radical (unpaired) electrons. The van der Waals surface area contributed by atoms with Crippen LogP contribution in [0, 0.1) is 23.7 Å². The number of allylic oxidation sites excluding steroid dienone is 2. The number of rotatable bonds is 18. The van der Waals surface area contributed by atoms with Gasteiger partial charge < -0.3 is 18.9 Å². The molecule has 6 heteroatoms. The van der Waals surface area contributed by atoms with Crippen molar-refractivity contribution in [1.82, 2.24) is 0 Å². The molecule has 0 aliphatic carbocycles. The van der Waals surface area contributed by atoms with E-state index in [0.717, 1.165) is 12.8 Å². The fourth-order valence-corrected chi connectivity index (χ4v) is 3.96. The van der Waals surface area contributed by atoms with Crippen LogP contribution in [0.3, 0.4) is 0 Å². The van der Waals surface area contributed by atoms with Gasteiger partial charge in [-0.15, -0.1) is 0 Å². The summed E-state index contributed by atoms with van der Waals surface area (Å²) < 4.78 is 21.4. The first-order chi connectivity index (χ1) is 17.8. The fraction of sp³-hybridized carbons (Fsp3) is 0.742. The molecule has 0 bridgehead atoms. The van der Waals surface area contributed by atoms with Crippen LogP contribution in [0.1, 0.15) is 124 Å². The van der Waals surface area contributed by atoms with Crippen molar-refractivity contribution >= 4 is 11.9 Å². The van der Waals surface area contributed by atoms with E-state index in [2.05, 4.69) is 30.6 Å². The van der Waals surface area contributed by atoms with E-state index >= 15 is 0 Å². The summed E-state index contributed by atoms with van der Waals surface area (Å²) in [5.41, 5.74) is 0. The maximum atomic E-state index is 11.8. The smallest absolute Gasteiger partial charge is 0.308 e. The van der Waals surface area contributed by atoms with Crippen LogP contribution in [0.25, 0.3) is 0 Å². The van der Waals surface area contributed by atoms with E-state index < -0.39 is 11.8 Å². The molecule has 6 nitrogen and oxygen atoms in total. The summed E-state index contributed by atoms with van der Waals surface area (Å²) >= 11 is 0. The standard InChI is InChI=1S/C31H48O6/c1-5-6-7-8-9-10-11-12-13-14-15-16-19-22-28(36-27(2)32)23-20-17-18-21-24-30(33)34-25-29-26-35-31(3,4)37-29/h22,29H,5-16,19,21,24-26H2,1-4H3/b28-22+/t29-/m1/s1. The van der Waals surface area contributed by atoms with Crippen molar-refractivity contribution in [2.24, 2.45) is 0 Å². The summed E-state index contributed by atoms with van der Waals surface area (Å²) in [7, 11) is 0. The van der Waals surface area contributed by atoms with Gasteiger partial charge in [0.05, 0.1) is 13.0 Å². The summed E-state index contributed by atoms with van der Waals surface area (Å²) in [6.07, 6.45) is 18.6. The molecule has 0 aromatic heterocycles. The second-order valence-corrected chi connectivity index (χ2v) is 10.0. The largest absolute Gasteiger partial charge is 0.463 e. The second-order valence-electron chi connectivity index (χ2n) is 10.0. The summed E-state index contributed by atoms with van der Waals surface area (Å²) in [5.74, 6) is 10.0. The lowest BCUT2D eigenvalue weighted by Gasteiger charge is -2.16.